The standard InChI is InChI=1S/C12H16BrF2NO3S/c1-7(2)11(6-19-3)16-20(17,18)12-9(13)4-8(14)5-10(12)15/h4-5,7,11,16H,6H2,1-3H3. The number of hydrogen-bond acceptors (Lipinski definition) is 3. The molecule has 0 fully saturated rings. The van der Waals surface area contributed by atoms with E-state index in [9.17, 15) is 17.2 Å². The molecule has 114 valence electrons. The fourth-order valence-electron chi connectivity index (χ4n) is 1.59. The molecule has 4 nitrogen and oxygen atoms in total. The summed E-state index contributed by atoms with van der Waals surface area (Å²) in [5.74, 6) is -2.05. The maximum Gasteiger partial charge on any atom is 0.244 e. The Kier molecular flexibility index (Phi) is 6.06. The van der Waals surface area contributed by atoms with E-state index in [0.717, 1.165) is 6.07 Å². The molecule has 8 heteroatoms. The molecule has 0 radical (unpaired) electrons. The zero-order valence-corrected chi connectivity index (χ0v) is 13.7. The molecule has 0 heterocycles. The Labute approximate surface area is 125 Å². The van der Waals surface area contributed by atoms with Gasteiger partial charge >= 0.3 is 0 Å². The van der Waals surface area contributed by atoms with Crippen LogP contribution >= 0.6 is 15.9 Å². The Balaban J connectivity index is 3.17. The van der Waals surface area contributed by atoms with Crippen LogP contribution in [0.4, 0.5) is 8.78 Å². The van der Waals surface area contributed by atoms with Gasteiger partial charge in [-0.1, -0.05) is 13.8 Å². The molecule has 1 unspecified atom stereocenters. The second-order valence-corrected chi connectivity index (χ2v) is 7.13. The van der Waals surface area contributed by atoms with Crippen LogP contribution in [0.3, 0.4) is 0 Å². The molecule has 0 aromatic heterocycles. The molecule has 1 aromatic carbocycles. The van der Waals surface area contributed by atoms with Gasteiger partial charge in [-0.2, -0.15) is 0 Å². The van der Waals surface area contributed by atoms with E-state index in [-0.39, 0.29) is 17.0 Å². The van der Waals surface area contributed by atoms with Gasteiger partial charge in [-0.05, 0) is 27.9 Å². The summed E-state index contributed by atoms with van der Waals surface area (Å²) >= 11 is 2.87. The topological polar surface area (TPSA) is 55.4 Å². The lowest BCUT2D eigenvalue weighted by Gasteiger charge is -2.22. The summed E-state index contributed by atoms with van der Waals surface area (Å²) in [6.45, 7) is 3.77. The monoisotopic (exact) mass is 371 g/mol. The molecule has 1 atom stereocenters. The SMILES string of the molecule is COCC(NS(=O)(=O)c1c(F)cc(F)cc1Br)C(C)C. The van der Waals surface area contributed by atoms with Crippen LogP contribution in [0.2, 0.25) is 0 Å². The van der Waals surface area contributed by atoms with Crippen molar-refractivity contribution in [2.45, 2.75) is 24.8 Å². The predicted octanol–water partition coefficient (Wildman–Crippen LogP) is 2.68. The minimum absolute atomic E-state index is 0.0491. The average molecular weight is 372 g/mol. The van der Waals surface area contributed by atoms with Crippen LogP contribution in [0.15, 0.2) is 21.5 Å². The highest BCUT2D eigenvalue weighted by Crippen LogP contribution is 2.26. The molecule has 20 heavy (non-hydrogen) atoms. The van der Waals surface area contributed by atoms with Crippen molar-refractivity contribution in [3.63, 3.8) is 0 Å². The fraction of sp³-hybridized carbons (Fsp3) is 0.500. The predicted molar refractivity (Wildman–Crippen MR) is 74.9 cm³/mol. The maximum atomic E-state index is 13.7. The van der Waals surface area contributed by atoms with Crippen molar-refractivity contribution in [1.29, 1.82) is 0 Å². The smallest absolute Gasteiger partial charge is 0.244 e. The number of ether oxygens (including phenoxy) is 1. The van der Waals surface area contributed by atoms with E-state index in [2.05, 4.69) is 20.7 Å². The van der Waals surface area contributed by atoms with E-state index in [4.69, 9.17) is 4.74 Å². The van der Waals surface area contributed by atoms with Gasteiger partial charge in [-0.25, -0.2) is 21.9 Å². The number of methoxy groups -OCH3 is 1. The summed E-state index contributed by atoms with van der Waals surface area (Å²) in [5, 5.41) is 0. The Hall–Kier alpha value is -0.570. The van der Waals surface area contributed by atoms with E-state index in [1.54, 1.807) is 0 Å². The first-order chi connectivity index (χ1) is 9.19. The second-order valence-electron chi connectivity index (χ2n) is 4.63. The molecular weight excluding hydrogens is 356 g/mol. The molecule has 0 aliphatic rings. The maximum absolute atomic E-state index is 13.7. The first-order valence-corrected chi connectivity index (χ1v) is 8.12. The average Bonchev–Trinajstić information content (AvgIpc) is 2.25. The number of hydrogen-bond donors (Lipinski definition) is 1. The molecule has 0 amide bonds. The van der Waals surface area contributed by atoms with Gasteiger partial charge in [0.2, 0.25) is 10.0 Å². The Morgan fingerprint density at radius 3 is 2.40 bits per heavy atom. The summed E-state index contributed by atoms with van der Waals surface area (Å²) in [6, 6.07) is 0.916. The van der Waals surface area contributed by atoms with Crippen LogP contribution in [0, 0.1) is 17.6 Å². The van der Waals surface area contributed by atoms with Crippen LogP contribution in [-0.4, -0.2) is 28.2 Å². The van der Waals surface area contributed by atoms with Gasteiger partial charge in [0.05, 0.1) is 6.61 Å². The highest BCUT2D eigenvalue weighted by molar-refractivity contribution is 9.10. The van der Waals surface area contributed by atoms with Gasteiger partial charge in [0.1, 0.15) is 16.5 Å². The van der Waals surface area contributed by atoms with Crippen LogP contribution in [-0.2, 0) is 14.8 Å². The number of sulfonamides is 1. The van der Waals surface area contributed by atoms with Gasteiger partial charge in [-0.3, -0.25) is 0 Å². The van der Waals surface area contributed by atoms with Crippen LogP contribution < -0.4 is 4.72 Å². The van der Waals surface area contributed by atoms with E-state index in [0.29, 0.717) is 6.07 Å². The van der Waals surface area contributed by atoms with E-state index >= 15 is 0 Å². The number of rotatable bonds is 6. The van der Waals surface area contributed by atoms with Crippen molar-refractivity contribution in [3.8, 4) is 0 Å². The van der Waals surface area contributed by atoms with Crippen LogP contribution in [0.25, 0.3) is 0 Å². The number of nitrogens with one attached hydrogen (secondary N) is 1. The van der Waals surface area contributed by atoms with Crippen molar-refractivity contribution in [2.75, 3.05) is 13.7 Å². The summed E-state index contributed by atoms with van der Waals surface area (Å²) in [5.41, 5.74) is 0. The van der Waals surface area contributed by atoms with Crippen molar-refractivity contribution in [2.24, 2.45) is 5.92 Å². The lowest BCUT2D eigenvalue weighted by Crippen LogP contribution is -2.42. The zero-order valence-electron chi connectivity index (χ0n) is 11.3. The first kappa shape index (κ1) is 17.5. The third-order valence-electron chi connectivity index (χ3n) is 2.69. The Morgan fingerprint density at radius 2 is 1.95 bits per heavy atom. The number of halogens is 3. The summed E-state index contributed by atoms with van der Waals surface area (Å²) in [6.07, 6.45) is 0. The molecule has 0 aliphatic heterocycles. The third kappa shape index (κ3) is 4.21. The van der Waals surface area contributed by atoms with Crippen LogP contribution in [0.5, 0.6) is 0 Å². The van der Waals surface area contributed by atoms with Gasteiger partial charge in [0.25, 0.3) is 0 Å². The molecule has 0 bridgehead atoms. The summed E-state index contributed by atoms with van der Waals surface area (Å²) < 4.78 is 58.3. The molecule has 1 N–H and O–H groups in total. The van der Waals surface area contributed by atoms with Gasteiger partial charge in [0, 0.05) is 23.7 Å². The van der Waals surface area contributed by atoms with E-state index in [1.165, 1.54) is 7.11 Å². The third-order valence-corrected chi connectivity index (χ3v) is 5.14. The molecule has 0 saturated carbocycles. The zero-order chi connectivity index (χ0) is 15.5. The second kappa shape index (κ2) is 6.93. The number of benzene rings is 1. The van der Waals surface area contributed by atoms with Crippen molar-refractivity contribution in [1.82, 2.24) is 4.72 Å². The highest BCUT2D eigenvalue weighted by Gasteiger charge is 2.27. The van der Waals surface area contributed by atoms with Gasteiger partial charge in [0.15, 0.2) is 0 Å². The lowest BCUT2D eigenvalue weighted by molar-refractivity contribution is 0.157. The fourth-order valence-corrected chi connectivity index (χ4v) is 4.12. The Bertz CT molecular complexity index is 555. The van der Waals surface area contributed by atoms with E-state index < -0.39 is 32.6 Å². The molecular formula is C12H16BrF2NO3S. The summed E-state index contributed by atoms with van der Waals surface area (Å²) in [4.78, 5) is -0.611. The minimum atomic E-state index is -4.12. The molecule has 0 spiro atoms. The highest BCUT2D eigenvalue weighted by atomic mass is 79.9. The lowest BCUT2D eigenvalue weighted by atomic mass is 10.1. The molecule has 1 aromatic rings. The Morgan fingerprint density at radius 1 is 1.35 bits per heavy atom. The van der Waals surface area contributed by atoms with E-state index in [1.807, 2.05) is 13.8 Å². The minimum Gasteiger partial charge on any atom is -0.383 e. The normalized spacial score (nSPS) is 13.8. The van der Waals surface area contributed by atoms with Crippen molar-refractivity contribution >= 4 is 26.0 Å². The summed E-state index contributed by atoms with van der Waals surface area (Å²) in [7, 11) is -2.68. The molecule has 1 rings (SSSR count). The van der Waals surface area contributed by atoms with Crippen molar-refractivity contribution in [3.05, 3.63) is 28.2 Å². The quantitative estimate of drug-likeness (QED) is 0.836. The van der Waals surface area contributed by atoms with Crippen LogP contribution in [0.1, 0.15) is 13.8 Å². The van der Waals surface area contributed by atoms with Gasteiger partial charge in [-0.15, -0.1) is 0 Å². The van der Waals surface area contributed by atoms with Gasteiger partial charge < -0.3 is 4.74 Å². The van der Waals surface area contributed by atoms with Crippen molar-refractivity contribution < 1.29 is 21.9 Å². The molecule has 0 aliphatic carbocycles. The molecule has 0 saturated heterocycles. The first-order valence-electron chi connectivity index (χ1n) is 5.85. The largest absolute Gasteiger partial charge is 0.383 e.